The Kier molecular flexibility index (Phi) is 12.5. The Hall–Kier alpha value is -0.570. The van der Waals surface area contributed by atoms with Crippen molar-refractivity contribution in [1.29, 1.82) is 0 Å². The van der Waals surface area contributed by atoms with Gasteiger partial charge in [0.25, 0.3) is 0 Å². The summed E-state index contributed by atoms with van der Waals surface area (Å²) in [6.45, 7) is 2.23. The zero-order valence-corrected chi connectivity index (χ0v) is 12.1. The molecule has 0 rings (SSSR count). The molecule has 0 bridgehead atoms. The van der Waals surface area contributed by atoms with Gasteiger partial charge in [-0.1, -0.05) is 51.9 Å². The molecule has 18 heavy (non-hydrogen) atoms. The van der Waals surface area contributed by atoms with Crippen LogP contribution in [0.1, 0.15) is 77.6 Å². The Morgan fingerprint density at radius 2 is 1.56 bits per heavy atom. The lowest BCUT2D eigenvalue weighted by atomic mass is 10.0. The maximum Gasteiger partial charge on any atom is 0.303 e. The first-order valence-corrected chi connectivity index (χ1v) is 7.45. The minimum atomic E-state index is -0.686. The van der Waals surface area contributed by atoms with Crippen molar-refractivity contribution >= 4 is 5.97 Å². The number of unbranched alkanes of at least 4 members (excludes halogenated alkanes) is 6. The van der Waals surface area contributed by atoms with E-state index >= 15 is 0 Å². The van der Waals surface area contributed by atoms with Crippen molar-refractivity contribution in [2.24, 2.45) is 0 Å². The second-order valence-corrected chi connectivity index (χ2v) is 5.05. The molecule has 3 nitrogen and oxygen atoms in total. The van der Waals surface area contributed by atoms with E-state index in [-0.39, 0.29) is 0 Å². The van der Waals surface area contributed by atoms with Crippen LogP contribution in [-0.2, 0) is 9.53 Å². The number of carboxylic acids is 1. The van der Waals surface area contributed by atoms with Gasteiger partial charge in [0.05, 0.1) is 6.10 Å². The quantitative estimate of drug-likeness (QED) is 0.498. The summed E-state index contributed by atoms with van der Waals surface area (Å²) in [5, 5.41) is 8.53. The molecule has 0 saturated carbocycles. The number of rotatable bonds is 13. The molecular formula is C15H30O3. The van der Waals surface area contributed by atoms with Gasteiger partial charge in [-0.15, -0.1) is 0 Å². The number of hydrogen-bond donors (Lipinski definition) is 1. The maximum absolute atomic E-state index is 10.4. The predicted octanol–water partition coefficient (Wildman–Crippen LogP) is 4.40. The van der Waals surface area contributed by atoms with Crippen LogP contribution >= 0.6 is 0 Å². The fraction of sp³-hybridized carbons (Fsp3) is 0.933. The second kappa shape index (κ2) is 12.9. The summed E-state index contributed by atoms with van der Waals surface area (Å²) < 4.78 is 5.47. The molecule has 0 fully saturated rings. The highest BCUT2D eigenvalue weighted by molar-refractivity contribution is 5.66. The largest absolute Gasteiger partial charge is 0.481 e. The van der Waals surface area contributed by atoms with E-state index in [9.17, 15) is 4.79 Å². The van der Waals surface area contributed by atoms with Gasteiger partial charge < -0.3 is 9.84 Å². The van der Waals surface area contributed by atoms with Gasteiger partial charge in [0.15, 0.2) is 0 Å². The first-order valence-electron chi connectivity index (χ1n) is 7.45. The van der Waals surface area contributed by atoms with Crippen molar-refractivity contribution in [3.05, 3.63) is 0 Å². The average Bonchev–Trinajstić information content (AvgIpc) is 2.35. The molecule has 0 aliphatic rings. The Balaban J connectivity index is 3.37. The molecule has 0 aromatic rings. The summed E-state index contributed by atoms with van der Waals surface area (Å²) >= 11 is 0. The zero-order valence-electron chi connectivity index (χ0n) is 12.1. The molecule has 0 amide bonds. The van der Waals surface area contributed by atoms with Gasteiger partial charge in [-0.05, 0) is 19.3 Å². The smallest absolute Gasteiger partial charge is 0.303 e. The van der Waals surface area contributed by atoms with E-state index < -0.39 is 5.97 Å². The molecule has 3 heteroatoms. The van der Waals surface area contributed by atoms with Crippen molar-refractivity contribution in [1.82, 2.24) is 0 Å². The van der Waals surface area contributed by atoms with Crippen LogP contribution in [0.2, 0.25) is 0 Å². The molecule has 0 radical (unpaired) electrons. The third-order valence-electron chi connectivity index (χ3n) is 3.38. The van der Waals surface area contributed by atoms with Crippen molar-refractivity contribution in [3.63, 3.8) is 0 Å². The van der Waals surface area contributed by atoms with Gasteiger partial charge in [-0.25, -0.2) is 0 Å². The fourth-order valence-electron chi connectivity index (χ4n) is 2.18. The van der Waals surface area contributed by atoms with Crippen molar-refractivity contribution in [3.8, 4) is 0 Å². The lowest BCUT2D eigenvalue weighted by Crippen LogP contribution is -2.10. The number of methoxy groups -OCH3 is 1. The van der Waals surface area contributed by atoms with Gasteiger partial charge in [0.1, 0.15) is 0 Å². The fourth-order valence-corrected chi connectivity index (χ4v) is 2.18. The zero-order chi connectivity index (χ0) is 13.6. The van der Waals surface area contributed by atoms with Gasteiger partial charge in [-0.2, -0.15) is 0 Å². The van der Waals surface area contributed by atoms with E-state index in [0.29, 0.717) is 12.5 Å². The van der Waals surface area contributed by atoms with E-state index in [1.165, 1.54) is 32.1 Å². The minimum absolute atomic E-state index is 0.300. The van der Waals surface area contributed by atoms with Crippen molar-refractivity contribution < 1.29 is 14.6 Å². The molecule has 0 aromatic heterocycles. The topological polar surface area (TPSA) is 46.5 Å². The second-order valence-electron chi connectivity index (χ2n) is 5.05. The number of ether oxygens (including phenoxy) is 1. The Morgan fingerprint density at radius 1 is 1.00 bits per heavy atom. The predicted molar refractivity (Wildman–Crippen MR) is 74.9 cm³/mol. The first kappa shape index (κ1) is 17.4. The Morgan fingerprint density at radius 3 is 2.06 bits per heavy atom. The molecule has 0 aliphatic carbocycles. The summed E-state index contributed by atoms with van der Waals surface area (Å²) in [5.41, 5.74) is 0. The molecule has 1 unspecified atom stereocenters. The van der Waals surface area contributed by atoms with E-state index in [0.717, 1.165) is 32.1 Å². The highest BCUT2D eigenvalue weighted by atomic mass is 16.5. The van der Waals surface area contributed by atoms with E-state index in [4.69, 9.17) is 9.84 Å². The minimum Gasteiger partial charge on any atom is -0.481 e. The Labute approximate surface area is 112 Å². The summed E-state index contributed by atoms with van der Waals surface area (Å²) in [5.74, 6) is -0.686. The highest BCUT2D eigenvalue weighted by Gasteiger charge is 2.07. The number of carboxylic acid groups (broad SMARTS) is 1. The van der Waals surface area contributed by atoms with Crippen LogP contribution in [0.3, 0.4) is 0 Å². The Bertz CT molecular complexity index is 192. The van der Waals surface area contributed by atoms with Crippen molar-refractivity contribution in [2.45, 2.75) is 83.7 Å². The summed E-state index contributed by atoms with van der Waals surface area (Å²) in [4.78, 5) is 10.4. The maximum atomic E-state index is 10.4. The summed E-state index contributed by atoms with van der Waals surface area (Å²) in [6.07, 6.45) is 12.3. The number of carbonyl (C=O) groups is 1. The van der Waals surface area contributed by atoms with E-state index in [1.807, 2.05) is 0 Å². The van der Waals surface area contributed by atoms with Crippen LogP contribution in [0.15, 0.2) is 0 Å². The van der Waals surface area contributed by atoms with Crippen LogP contribution in [0.4, 0.5) is 0 Å². The van der Waals surface area contributed by atoms with Crippen molar-refractivity contribution in [2.75, 3.05) is 7.11 Å². The van der Waals surface area contributed by atoms with Crippen LogP contribution in [-0.4, -0.2) is 24.3 Å². The molecule has 0 spiro atoms. The van der Waals surface area contributed by atoms with Crippen LogP contribution in [0.5, 0.6) is 0 Å². The van der Waals surface area contributed by atoms with E-state index in [2.05, 4.69) is 6.92 Å². The molecule has 0 heterocycles. The molecule has 0 aliphatic heterocycles. The normalized spacial score (nSPS) is 12.6. The van der Waals surface area contributed by atoms with Crippen LogP contribution < -0.4 is 0 Å². The van der Waals surface area contributed by atoms with Crippen LogP contribution in [0.25, 0.3) is 0 Å². The first-order chi connectivity index (χ1) is 8.70. The molecule has 0 saturated heterocycles. The third kappa shape index (κ3) is 11.9. The third-order valence-corrected chi connectivity index (χ3v) is 3.38. The van der Waals surface area contributed by atoms with Crippen LogP contribution in [0, 0.1) is 0 Å². The molecule has 108 valence electrons. The average molecular weight is 258 g/mol. The van der Waals surface area contributed by atoms with E-state index in [1.54, 1.807) is 7.11 Å². The lowest BCUT2D eigenvalue weighted by molar-refractivity contribution is -0.137. The van der Waals surface area contributed by atoms with Gasteiger partial charge >= 0.3 is 5.97 Å². The summed E-state index contributed by atoms with van der Waals surface area (Å²) in [6, 6.07) is 0. The monoisotopic (exact) mass is 258 g/mol. The van der Waals surface area contributed by atoms with Gasteiger partial charge in [0, 0.05) is 13.5 Å². The molecule has 1 N–H and O–H groups in total. The van der Waals surface area contributed by atoms with Gasteiger partial charge in [0.2, 0.25) is 0 Å². The van der Waals surface area contributed by atoms with Gasteiger partial charge in [-0.3, -0.25) is 4.79 Å². The SMILES string of the molecule is CCCCCCCC(CCCCCC(=O)O)OC. The lowest BCUT2D eigenvalue weighted by Gasteiger charge is -2.14. The standard InChI is InChI=1S/C15H30O3/c1-3-4-5-6-8-11-14(18-2)12-9-7-10-13-15(16)17/h14H,3-13H2,1-2H3,(H,16,17). The number of aliphatic carboxylic acids is 1. The highest BCUT2D eigenvalue weighted by Crippen LogP contribution is 2.15. The molecular weight excluding hydrogens is 228 g/mol. The summed E-state index contributed by atoms with van der Waals surface area (Å²) in [7, 11) is 1.79. The molecule has 1 atom stereocenters. The molecule has 0 aromatic carbocycles. The number of hydrogen-bond acceptors (Lipinski definition) is 2.